The van der Waals surface area contributed by atoms with E-state index in [4.69, 9.17) is 23.6 Å². The summed E-state index contributed by atoms with van der Waals surface area (Å²) in [5.74, 6) is -0.362. The maximum absolute atomic E-state index is 6.60. The molecule has 5 nitrogen and oxygen atoms in total. The van der Waals surface area contributed by atoms with E-state index in [0.29, 0.717) is 6.61 Å². The SMILES string of the molecule is [C-]#[N+]/C(N)=C(/N=C/OCC)[N+]#[C-]. The second-order valence-electron chi connectivity index (χ2n) is 1.62. The molecule has 0 amide bonds. The Morgan fingerprint density at radius 1 is 1.58 bits per heavy atom. The van der Waals surface area contributed by atoms with Gasteiger partial charge in [0.1, 0.15) is 0 Å². The van der Waals surface area contributed by atoms with E-state index in [0.717, 1.165) is 6.40 Å². The molecule has 0 heterocycles. The van der Waals surface area contributed by atoms with Crippen molar-refractivity contribution in [3.63, 3.8) is 0 Å². The fourth-order valence-electron chi connectivity index (χ4n) is 0.364. The van der Waals surface area contributed by atoms with Gasteiger partial charge in [0, 0.05) is 0 Å². The fraction of sp³-hybridized carbons (Fsp3) is 0.286. The highest BCUT2D eigenvalue weighted by atomic mass is 16.5. The Balaban J connectivity index is 4.43. The van der Waals surface area contributed by atoms with Crippen LogP contribution in [-0.4, -0.2) is 13.0 Å². The molecule has 5 heteroatoms. The molecule has 0 fully saturated rings. The van der Waals surface area contributed by atoms with Crippen molar-refractivity contribution < 1.29 is 4.74 Å². The molecule has 2 N–H and O–H groups in total. The Labute approximate surface area is 70.8 Å². The Morgan fingerprint density at radius 3 is 2.67 bits per heavy atom. The van der Waals surface area contributed by atoms with E-state index < -0.39 is 0 Å². The van der Waals surface area contributed by atoms with Gasteiger partial charge in [-0.25, -0.2) is 0 Å². The summed E-state index contributed by atoms with van der Waals surface area (Å²) in [7, 11) is 0. The minimum Gasteiger partial charge on any atom is -0.466 e. The summed E-state index contributed by atoms with van der Waals surface area (Å²) in [6.45, 7) is 15.4. The molecule has 0 aromatic carbocycles. The van der Waals surface area contributed by atoms with E-state index in [9.17, 15) is 0 Å². The van der Waals surface area contributed by atoms with Gasteiger partial charge in [-0.1, -0.05) is 13.1 Å². The first-order chi connectivity index (χ1) is 5.76. The number of rotatable bonds is 3. The second kappa shape index (κ2) is 5.75. The number of hydrogen-bond donors (Lipinski definition) is 1. The molecule has 0 atom stereocenters. The summed E-state index contributed by atoms with van der Waals surface area (Å²) in [4.78, 5) is 9.35. The summed E-state index contributed by atoms with van der Waals surface area (Å²) in [5.41, 5.74) is 5.15. The van der Waals surface area contributed by atoms with Crippen molar-refractivity contribution in [3.05, 3.63) is 34.5 Å². The zero-order valence-electron chi connectivity index (χ0n) is 6.61. The molecular weight excluding hydrogens is 156 g/mol. The van der Waals surface area contributed by atoms with Crippen molar-refractivity contribution in [1.82, 2.24) is 0 Å². The van der Waals surface area contributed by atoms with Gasteiger partial charge < -0.3 is 20.2 Å². The van der Waals surface area contributed by atoms with E-state index in [2.05, 4.69) is 14.7 Å². The maximum Gasteiger partial charge on any atom is 0.292 e. The van der Waals surface area contributed by atoms with Crippen molar-refractivity contribution >= 4 is 6.40 Å². The van der Waals surface area contributed by atoms with E-state index in [-0.39, 0.29) is 11.6 Å². The zero-order chi connectivity index (χ0) is 9.40. The van der Waals surface area contributed by atoms with Crippen molar-refractivity contribution in [2.75, 3.05) is 6.61 Å². The van der Waals surface area contributed by atoms with E-state index >= 15 is 0 Å². The van der Waals surface area contributed by atoms with Gasteiger partial charge in [-0.15, -0.1) is 4.99 Å². The molecule has 0 rings (SSSR count). The van der Waals surface area contributed by atoms with Crippen LogP contribution >= 0.6 is 0 Å². The Kier molecular flexibility index (Phi) is 4.79. The summed E-state index contributed by atoms with van der Waals surface area (Å²) >= 11 is 0. The maximum atomic E-state index is 6.60. The molecule has 0 aromatic heterocycles. The second-order valence-corrected chi connectivity index (χ2v) is 1.62. The molecule has 0 aliphatic heterocycles. The van der Waals surface area contributed by atoms with Gasteiger partial charge in [0.15, 0.2) is 0 Å². The van der Waals surface area contributed by atoms with Crippen LogP contribution in [0.3, 0.4) is 0 Å². The van der Waals surface area contributed by atoms with Crippen molar-refractivity contribution in [2.24, 2.45) is 10.7 Å². The Morgan fingerprint density at radius 2 is 2.25 bits per heavy atom. The van der Waals surface area contributed by atoms with Gasteiger partial charge in [0.2, 0.25) is 5.82 Å². The average molecular weight is 164 g/mol. The molecule has 0 bridgehead atoms. The van der Waals surface area contributed by atoms with Crippen LogP contribution in [0.4, 0.5) is 0 Å². The van der Waals surface area contributed by atoms with Crippen LogP contribution in [0.15, 0.2) is 16.6 Å². The van der Waals surface area contributed by atoms with Gasteiger partial charge in [-0.3, -0.25) is 0 Å². The van der Waals surface area contributed by atoms with Crippen LogP contribution in [0.5, 0.6) is 0 Å². The van der Waals surface area contributed by atoms with Gasteiger partial charge in [0.05, 0.1) is 6.61 Å². The summed E-state index contributed by atoms with van der Waals surface area (Å²) in [5, 5.41) is 0. The minimum absolute atomic E-state index is 0.140. The summed E-state index contributed by atoms with van der Waals surface area (Å²) in [6, 6.07) is 0. The lowest BCUT2D eigenvalue weighted by atomic mass is 10.7. The number of nitrogens with two attached hydrogens (primary N) is 1. The fourth-order valence-corrected chi connectivity index (χ4v) is 0.364. The summed E-state index contributed by atoms with van der Waals surface area (Å²) in [6.07, 6.45) is 1.10. The third-order valence-corrected chi connectivity index (χ3v) is 0.872. The Bertz CT molecular complexity index is 279. The van der Waals surface area contributed by atoms with Crippen LogP contribution in [0, 0.1) is 13.1 Å². The monoisotopic (exact) mass is 164 g/mol. The minimum atomic E-state index is -0.221. The highest BCUT2D eigenvalue weighted by Crippen LogP contribution is 2.02. The van der Waals surface area contributed by atoms with Gasteiger partial charge in [-0.2, -0.15) is 0 Å². The normalized spacial score (nSPS) is 11.6. The van der Waals surface area contributed by atoms with Crippen LogP contribution in [-0.2, 0) is 4.74 Å². The third-order valence-electron chi connectivity index (χ3n) is 0.872. The molecule has 0 radical (unpaired) electrons. The average Bonchev–Trinajstić information content (AvgIpc) is 2.11. The van der Waals surface area contributed by atoms with Gasteiger partial charge in [0.25, 0.3) is 12.2 Å². The topological polar surface area (TPSA) is 56.3 Å². The third kappa shape index (κ3) is 3.23. The van der Waals surface area contributed by atoms with Crippen LogP contribution in [0.2, 0.25) is 0 Å². The first-order valence-corrected chi connectivity index (χ1v) is 3.15. The van der Waals surface area contributed by atoms with Crippen LogP contribution in [0.25, 0.3) is 9.69 Å². The van der Waals surface area contributed by atoms with Crippen molar-refractivity contribution in [1.29, 1.82) is 0 Å². The number of aliphatic imine (C=N–C) groups is 1. The molecule has 0 saturated heterocycles. The lowest BCUT2D eigenvalue weighted by Gasteiger charge is -1.91. The van der Waals surface area contributed by atoms with E-state index in [1.54, 1.807) is 6.92 Å². The standard InChI is InChI=1S/C7H8N4O/c1-4-12-5-11-7(10-3)6(8)9-2/h5H,4,8H2,1H3/b7-6+,11-5+. The van der Waals surface area contributed by atoms with Crippen molar-refractivity contribution in [2.45, 2.75) is 6.92 Å². The molecule has 0 aliphatic carbocycles. The first kappa shape index (κ1) is 9.99. The molecule has 0 saturated carbocycles. The predicted molar refractivity (Wildman–Crippen MR) is 44.5 cm³/mol. The molecule has 62 valence electrons. The van der Waals surface area contributed by atoms with E-state index in [1.165, 1.54) is 0 Å². The quantitative estimate of drug-likeness (QED) is 0.384. The molecule has 0 aromatic rings. The number of hydrogen-bond acceptors (Lipinski definition) is 3. The molecular formula is C7H8N4O. The number of ether oxygens (including phenoxy) is 1. The van der Waals surface area contributed by atoms with Crippen molar-refractivity contribution in [3.8, 4) is 0 Å². The lowest BCUT2D eigenvalue weighted by Crippen LogP contribution is -1.94. The van der Waals surface area contributed by atoms with Gasteiger partial charge in [-0.05, 0) is 6.92 Å². The first-order valence-electron chi connectivity index (χ1n) is 3.15. The lowest BCUT2D eigenvalue weighted by molar-refractivity contribution is 0.343. The highest BCUT2D eigenvalue weighted by Gasteiger charge is 1.97. The summed E-state index contributed by atoms with van der Waals surface area (Å²) < 4.78 is 4.73. The van der Waals surface area contributed by atoms with Gasteiger partial charge >= 0.3 is 0 Å². The highest BCUT2D eigenvalue weighted by molar-refractivity contribution is 5.50. The molecule has 0 aliphatic rings. The predicted octanol–water partition coefficient (Wildman–Crippen LogP) is 0.975. The zero-order valence-corrected chi connectivity index (χ0v) is 6.61. The largest absolute Gasteiger partial charge is 0.466 e. The smallest absolute Gasteiger partial charge is 0.292 e. The van der Waals surface area contributed by atoms with Crippen LogP contribution < -0.4 is 5.73 Å². The molecule has 0 spiro atoms. The Hall–Kier alpha value is -2.01. The molecule has 0 unspecified atom stereocenters. The molecule has 12 heavy (non-hydrogen) atoms. The van der Waals surface area contributed by atoms with Crippen LogP contribution in [0.1, 0.15) is 6.92 Å². The van der Waals surface area contributed by atoms with E-state index in [1.807, 2.05) is 0 Å². The number of nitrogens with zero attached hydrogens (tertiary/aromatic N) is 3.